The molecule has 0 heterocycles. The lowest BCUT2D eigenvalue weighted by Crippen LogP contribution is -2.50. The van der Waals surface area contributed by atoms with Crippen LogP contribution in [0.2, 0.25) is 0 Å². The molecule has 2 saturated carbocycles. The molecule has 2 heteroatoms. The van der Waals surface area contributed by atoms with E-state index in [1.165, 1.54) is 42.6 Å². The van der Waals surface area contributed by atoms with Crippen LogP contribution in [0.4, 0.5) is 0 Å². The smallest absolute Gasteiger partial charge is 0.0962 e. The van der Waals surface area contributed by atoms with E-state index in [0.29, 0.717) is 11.8 Å². The van der Waals surface area contributed by atoms with Crippen LogP contribution >= 0.6 is 0 Å². The Morgan fingerprint density at radius 2 is 1.83 bits per heavy atom. The van der Waals surface area contributed by atoms with Crippen molar-refractivity contribution in [2.45, 2.75) is 71.8 Å². The predicted molar refractivity (Wildman–Crippen MR) is 118 cm³/mol. The Balaban J connectivity index is 1.64. The van der Waals surface area contributed by atoms with Crippen LogP contribution in [0.25, 0.3) is 5.57 Å². The molecule has 4 aliphatic carbocycles. The van der Waals surface area contributed by atoms with Crippen molar-refractivity contribution in [2.75, 3.05) is 6.61 Å². The Morgan fingerprint density at radius 1 is 1.03 bits per heavy atom. The minimum absolute atomic E-state index is 0.109. The van der Waals surface area contributed by atoms with Crippen molar-refractivity contribution >= 4 is 5.57 Å². The Morgan fingerprint density at radius 3 is 2.59 bits per heavy atom. The van der Waals surface area contributed by atoms with Gasteiger partial charge in [0.25, 0.3) is 0 Å². The van der Waals surface area contributed by atoms with Gasteiger partial charge >= 0.3 is 0 Å². The highest BCUT2D eigenvalue weighted by atomic mass is 16.5. The van der Waals surface area contributed by atoms with Crippen molar-refractivity contribution in [3.63, 3.8) is 0 Å². The molecule has 1 aromatic carbocycles. The number of ether oxygens (including phenoxy) is 1. The second kappa shape index (κ2) is 7.01. The van der Waals surface area contributed by atoms with Crippen molar-refractivity contribution < 1.29 is 9.84 Å². The second-order valence-corrected chi connectivity index (χ2v) is 10.4. The first-order valence-corrected chi connectivity index (χ1v) is 11.8. The van der Waals surface area contributed by atoms with Gasteiger partial charge in [-0.05, 0) is 96.8 Å². The highest BCUT2D eigenvalue weighted by molar-refractivity contribution is 5.74. The number of aliphatic hydroxyl groups is 1. The number of allylic oxidation sites excluding steroid dienone is 4. The molecule has 0 radical (unpaired) electrons. The first kappa shape index (κ1) is 19.4. The van der Waals surface area contributed by atoms with Gasteiger partial charge in [-0.25, -0.2) is 0 Å². The van der Waals surface area contributed by atoms with Gasteiger partial charge < -0.3 is 9.84 Å². The minimum Gasteiger partial charge on any atom is -0.498 e. The quantitative estimate of drug-likeness (QED) is 0.648. The molecule has 2 fully saturated rings. The summed E-state index contributed by atoms with van der Waals surface area (Å²) in [5, 5.41) is 10.8. The summed E-state index contributed by atoms with van der Waals surface area (Å²) in [4.78, 5) is 0. The number of hydrogen-bond acceptors (Lipinski definition) is 2. The average molecular weight is 393 g/mol. The molecule has 6 unspecified atom stereocenters. The Kier molecular flexibility index (Phi) is 4.70. The fourth-order valence-electron chi connectivity index (χ4n) is 7.63. The van der Waals surface area contributed by atoms with E-state index < -0.39 is 0 Å². The van der Waals surface area contributed by atoms with Crippen LogP contribution in [0, 0.1) is 28.6 Å². The molecule has 0 aliphatic heterocycles. The Hall–Kier alpha value is -1.54. The highest BCUT2D eigenvalue weighted by Crippen LogP contribution is 2.66. The van der Waals surface area contributed by atoms with Crippen LogP contribution in [-0.2, 0) is 4.74 Å². The number of hydrogen-bond donors (Lipinski definition) is 1. The van der Waals surface area contributed by atoms with Crippen LogP contribution in [0.3, 0.4) is 0 Å². The molecule has 156 valence electrons. The third-order valence-corrected chi connectivity index (χ3v) is 9.23. The number of benzene rings is 1. The van der Waals surface area contributed by atoms with Crippen molar-refractivity contribution in [1.29, 1.82) is 0 Å². The third-order valence-electron chi connectivity index (χ3n) is 9.23. The molecule has 4 aliphatic rings. The lowest BCUT2D eigenvalue weighted by atomic mass is 9.47. The number of fused-ring (bicyclic) bond motifs is 5. The molecular formula is C27H36O2. The fraction of sp³-hybridized carbons (Fsp3) is 0.630. The largest absolute Gasteiger partial charge is 0.498 e. The van der Waals surface area contributed by atoms with E-state index in [9.17, 15) is 5.11 Å². The summed E-state index contributed by atoms with van der Waals surface area (Å²) < 4.78 is 5.99. The molecule has 5 rings (SSSR count). The van der Waals surface area contributed by atoms with E-state index in [-0.39, 0.29) is 16.9 Å². The average Bonchev–Trinajstić information content (AvgIpc) is 3.03. The van der Waals surface area contributed by atoms with Gasteiger partial charge in [0.2, 0.25) is 0 Å². The maximum atomic E-state index is 10.8. The molecule has 2 nitrogen and oxygen atoms in total. The SMILES string of the molecule is CCOC1=CC2=C(c3ccccc3)CC3C(CCC4(C)C(O)CCC34)C2(C)CC1. The summed E-state index contributed by atoms with van der Waals surface area (Å²) in [6, 6.07) is 11.0. The molecule has 0 saturated heterocycles. The van der Waals surface area contributed by atoms with Crippen LogP contribution in [-0.4, -0.2) is 17.8 Å². The highest BCUT2D eigenvalue weighted by Gasteiger charge is 2.59. The summed E-state index contributed by atoms with van der Waals surface area (Å²) >= 11 is 0. The first-order chi connectivity index (χ1) is 14.0. The van der Waals surface area contributed by atoms with Crippen molar-refractivity contribution in [3.05, 3.63) is 53.3 Å². The van der Waals surface area contributed by atoms with E-state index >= 15 is 0 Å². The van der Waals surface area contributed by atoms with Crippen molar-refractivity contribution in [3.8, 4) is 0 Å². The third kappa shape index (κ3) is 2.86. The predicted octanol–water partition coefficient (Wildman–Crippen LogP) is 6.37. The summed E-state index contributed by atoms with van der Waals surface area (Å²) in [5.74, 6) is 3.25. The molecular weight excluding hydrogens is 356 g/mol. The summed E-state index contributed by atoms with van der Waals surface area (Å²) in [6.07, 6.45) is 10.3. The number of rotatable bonds is 3. The van der Waals surface area contributed by atoms with Crippen LogP contribution in [0.1, 0.15) is 71.3 Å². The van der Waals surface area contributed by atoms with Gasteiger partial charge in [0.15, 0.2) is 0 Å². The van der Waals surface area contributed by atoms with Crippen molar-refractivity contribution in [1.82, 2.24) is 0 Å². The Bertz CT molecular complexity index is 837. The minimum atomic E-state index is -0.109. The van der Waals surface area contributed by atoms with Crippen LogP contribution in [0.15, 0.2) is 47.7 Å². The molecule has 1 N–H and O–H groups in total. The second-order valence-electron chi connectivity index (χ2n) is 10.4. The molecule has 29 heavy (non-hydrogen) atoms. The van der Waals surface area contributed by atoms with E-state index in [1.807, 2.05) is 0 Å². The van der Waals surface area contributed by atoms with Gasteiger partial charge in [-0.1, -0.05) is 44.2 Å². The Labute approximate surface area is 176 Å². The molecule has 0 amide bonds. The van der Waals surface area contributed by atoms with E-state index in [4.69, 9.17) is 4.74 Å². The molecule has 0 aromatic heterocycles. The summed E-state index contributed by atoms with van der Waals surface area (Å²) in [6.45, 7) is 7.75. The van der Waals surface area contributed by atoms with Gasteiger partial charge in [-0.3, -0.25) is 0 Å². The maximum absolute atomic E-state index is 10.8. The van der Waals surface area contributed by atoms with Gasteiger partial charge in [0.1, 0.15) is 0 Å². The van der Waals surface area contributed by atoms with Crippen LogP contribution < -0.4 is 0 Å². The van der Waals surface area contributed by atoms with Crippen molar-refractivity contribution in [2.24, 2.45) is 28.6 Å². The van der Waals surface area contributed by atoms with E-state index in [1.54, 1.807) is 5.57 Å². The normalized spacial score (nSPS) is 41.3. The fourth-order valence-corrected chi connectivity index (χ4v) is 7.63. The lowest BCUT2D eigenvalue weighted by Gasteiger charge is -2.57. The maximum Gasteiger partial charge on any atom is 0.0962 e. The molecule has 6 atom stereocenters. The zero-order valence-corrected chi connectivity index (χ0v) is 18.3. The van der Waals surface area contributed by atoms with Gasteiger partial charge in [0.05, 0.1) is 18.5 Å². The topological polar surface area (TPSA) is 29.5 Å². The first-order valence-electron chi connectivity index (χ1n) is 11.8. The summed E-state index contributed by atoms with van der Waals surface area (Å²) in [5.41, 5.74) is 4.81. The number of aliphatic hydroxyl groups excluding tert-OH is 1. The molecule has 0 bridgehead atoms. The zero-order chi connectivity index (χ0) is 20.2. The van der Waals surface area contributed by atoms with E-state index in [0.717, 1.165) is 31.8 Å². The monoisotopic (exact) mass is 392 g/mol. The lowest BCUT2D eigenvalue weighted by molar-refractivity contribution is -0.0620. The van der Waals surface area contributed by atoms with Crippen LogP contribution in [0.5, 0.6) is 0 Å². The zero-order valence-electron chi connectivity index (χ0n) is 18.3. The summed E-state index contributed by atoms with van der Waals surface area (Å²) in [7, 11) is 0. The molecule has 1 aromatic rings. The molecule has 0 spiro atoms. The standard InChI is InChI=1S/C27H36O2/c1-4-29-19-12-14-26(2)23-13-15-27(3)22(10-11-25(27)28)21(23)17-20(24(26)16-19)18-8-6-5-7-9-18/h5-9,16,21-23,25,28H,4,10-15,17H2,1-3H3. The van der Waals surface area contributed by atoms with Gasteiger partial charge in [0, 0.05) is 6.42 Å². The van der Waals surface area contributed by atoms with E-state index in [2.05, 4.69) is 57.2 Å². The van der Waals surface area contributed by atoms with Gasteiger partial charge in [-0.15, -0.1) is 0 Å². The van der Waals surface area contributed by atoms with Gasteiger partial charge in [-0.2, -0.15) is 0 Å².